The molecule has 0 aromatic carbocycles. The standard InChI is InChI=1S/C13H26N2O/c1-11(15-13(16)9-6-10-14)12-7-4-2-3-5-8-12/h11-12H,2-10,14H2,1H3,(H,15,16)/t11-/m1/s1. The molecule has 0 spiro atoms. The molecule has 1 atom stereocenters. The summed E-state index contributed by atoms with van der Waals surface area (Å²) in [6.45, 7) is 2.75. The van der Waals surface area contributed by atoms with E-state index in [0.717, 1.165) is 6.42 Å². The maximum atomic E-state index is 11.6. The third-order valence-electron chi connectivity index (χ3n) is 3.60. The summed E-state index contributed by atoms with van der Waals surface area (Å²) in [5, 5.41) is 3.12. The van der Waals surface area contributed by atoms with E-state index in [-0.39, 0.29) is 5.91 Å². The molecule has 3 heteroatoms. The Balaban J connectivity index is 2.26. The SMILES string of the molecule is C[C@@H](NC(=O)CCCN)C1CCCCCC1. The van der Waals surface area contributed by atoms with Crippen LogP contribution in [0.5, 0.6) is 0 Å². The topological polar surface area (TPSA) is 55.1 Å². The van der Waals surface area contributed by atoms with Gasteiger partial charge < -0.3 is 11.1 Å². The van der Waals surface area contributed by atoms with Crippen molar-refractivity contribution >= 4 is 5.91 Å². The zero-order chi connectivity index (χ0) is 11.8. The minimum atomic E-state index is 0.169. The van der Waals surface area contributed by atoms with Crippen LogP contribution in [0.2, 0.25) is 0 Å². The summed E-state index contributed by atoms with van der Waals surface area (Å²) >= 11 is 0. The fourth-order valence-electron chi connectivity index (χ4n) is 2.52. The Morgan fingerprint density at radius 1 is 1.31 bits per heavy atom. The maximum Gasteiger partial charge on any atom is 0.220 e. The minimum Gasteiger partial charge on any atom is -0.353 e. The van der Waals surface area contributed by atoms with E-state index in [0.29, 0.717) is 24.9 Å². The van der Waals surface area contributed by atoms with Gasteiger partial charge in [0.25, 0.3) is 0 Å². The third kappa shape index (κ3) is 4.97. The largest absolute Gasteiger partial charge is 0.353 e. The van der Waals surface area contributed by atoms with E-state index >= 15 is 0 Å². The zero-order valence-electron chi connectivity index (χ0n) is 10.5. The zero-order valence-corrected chi connectivity index (χ0v) is 10.5. The highest BCUT2D eigenvalue weighted by Crippen LogP contribution is 2.25. The second-order valence-corrected chi connectivity index (χ2v) is 5.00. The fourth-order valence-corrected chi connectivity index (χ4v) is 2.52. The molecule has 0 bridgehead atoms. The molecule has 94 valence electrons. The lowest BCUT2D eigenvalue weighted by atomic mass is 9.93. The minimum absolute atomic E-state index is 0.169. The van der Waals surface area contributed by atoms with Crippen molar-refractivity contribution in [1.29, 1.82) is 0 Å². The lowest BCUT2D eigenvalue weighted by Gasteiger charge is -2.23. The van der Waals surface area contributed by atoms with E-state index in [1.807, 2.05) is 0 Å². The van der Waals surface area contributed by atoms with Crippen LogP contribution in [-0.4, -0.2) is 18.5 Å². The van der Waals surface area contributed by atoms with Gasteiger partial charge in [-0.2, -0.15) is 0 Å². The van der Waals surface area contributed by atoms with Crippen LogP contribution in [0.4, 0.5) is 0 Å². The summed E-state index contributed by atoms with van der Waals surface area (Å²) < 4.78 is 0. The fraction of sp³-hybridized carbons (Fsp3) is 0.923. The molecule has 0 radical (unpaired) electrons. The third-order valence-corrected chi connectivity index (χ3v) is 3.60. The van der Waals surface area contributed by atoms with Crippen molar-refractivity contribution in [2.24, 2.45) is 11.7 Å². The summed E-state index contributed by atoms with van der Waals surface area (Å²) in [5.41, 5.74) is 5.39. The predicted molar refractivity (Wildman–Crippen MR) is 67.1 cm³/mol. The first kappa shape index (κ1) is 13.5. The molecule has 1 aliphatic carbocycles. The van der Waals surface area contributed by atoms with E-state index in [1.54, 1.807) is 0 Å². The number of hydrogen-bond donors (Lipinski definition) is 2. The lowest BCUT2D eigenvalue weighted by molar-refractivity contribution is -0.122. The van der Waals surface area contributed by atoms with Crippen LogP contribution >= 0.6 is 0 Å². The van der Waals surface area contributed by atoms with Crippen LogP contribution in [0.25, 0.3) is 0 Å². The highest BCUT2D eigenvalue weighted by Gasteiger charge is 2.20. The Hall–Kier alpha value is -0.570. The summed E-state index contributed by atoms with van der Waals surface area (Å²) in [5.74, 6) is 0.853. The lowest BCUT2D eigenvalue weighted by Crippen LogP contribution is -2.38. The van der Waals surface area contributed by atoms with Crippen molar-refractivity contribution < 1.29 is 4.79 Å². The van der Waals surface area contributed by atoms with Gasteiger partial charge in [0.1, 0.15) is 0 Å². The molecular formula is C13H26N2O. The number of nitrogens with one attached hydrogen (secondary N) is 1. The molecule has 0 unspecified atom stereocenters. The second-order valence-electron chi connectivity index (χ2n) is 5.00. The number of carbonyl (C=O) groups is 1. The highest BCUT2D eigenvalue weighted by molar-refractivity contribution is 5.76. The summed E-state index contributed by atoms with van der Waals surface area (Å²) in [4.78, 5) is 11.6. The predicted octanol–water partition coefficient (Wildman–Crippen LogP) is 2.20. The average molecular weight is 226 g/mol. The van der Waals surface area contributed by atoms with Crippen LogP contribution in [0, 0.1) is 5.92 Å². The van der Waals surface area contributed by atoms with E-state index in [4.69, 9.17) is 5.73 Å². The Kier molecular flexibility index (Phi) is 6.46. The Labute approximate surface area is 99.2 Å². The van der Waals surface area contributed by atoms with Crippen LogP contribution < -0.4 is 11.1 Å². The van der Waals surface area contributed by atoms with Crippen molar-refractivity contribution in [1.82, 2.24) is 5.32 Å². The van der Waals surface area contributed by atoms with E-state index in [1.165, 1.54) is 38.5 Å². The van der Waals surface area contributed by atoms with Gasteiger partial charge >= 0.3 is 0 Å². The molecule has 1 fully saturated rings. The monoisotopic (exact) mass is 226 g/mol. The normalized spacial score (nSPS) is 20.1. The second kappa shape index (κ2) is 7.66. The number of hydrogen-bond acceptors (Lipinski definition) is 2. The first-order valence-electron chi connectivity index (χ1n) is 6.73. The average Bonchev–Trinajstić information content (AvgIpc) is 2.54. The number of amides is 1. The summed E-state index contributed by atoms with van der Waals surface area (Å²) in [6, 6.07) is 0.336. The smallest absolute Gasteiger partial charge is 0.220 e. The van der Waals surface area contributed by atoms with Gasteiger partial charge in [-0.3, -0.25) is 4.79 Å². The molecule has 0 saturated heterocycles. The van der Waals surface area contributed by atoms with Gasteiger partial charge in [0, 0.05) is 12.5 Å². The number of nitrogens with two attached hydrogens (primary N) is 1. The molecule has 1 amide bonds. The number of carbonyl (C=O) groups excluding carboxylic acids is 1. The Morgan fingerprint density at radius 3 is 2.50 bits per heavy atom. The first-order chi connectivity index (χ1) is 7.74. The van der Waals surface area contributed by atoms with Gasteiger partial charge in [-0.25, -0.2) is 0 Å². The Morgan fingerprint density at radius 2 is 1.94 bits per heavy atom. The van der Waals surface area contributed by atoms with Crippen molar-refractivity contribution in [3.63, 3.8) is 0 Å². The molecule has 0 heterocycles. The molecule has 3 N–H and O–H groups in total. The van der Waals surface area contributed by atoms with Gasteiger partial charge in [-0.05, 0) is 38.6 Å². The number of rotatable bonds is 5. The molecule has 0 aromatic rings. The van der Waals surface area contributed by atoms with Crippen LogP contribution in [0.3, 0.4) is 0 Å². The molecule has 1 saturated carbocycles. The molecule has 1 aliphatic rings. The highest BCUT2D eigenvalue weighted by atomic mass is 16.1. The van der Waals surface area contributed by atoms with E-state index < -0.39 is 0 Å². The van der Waals surface area contributed by atoms with Gasteiger partial charge in [-0.1, -0.05) is 25.7 Å². The van der Waals surface area contributed by atoms with Crippen molar-refractivity contribution in [2.45, 2.75) is 64.3 Å². The molecule has 1 rings (SSSR count). The summed E-state index contributed by atoms with van der Waals surface area (Å²) in [7, 11) is 0. The Bertz CT molecular complexity index is 198. The first-order valence-corrected chi connectivity index (χ1v) is 6.73. The van der Waals surface area contributed by atoms with Crippen molar-refractivity contribution in [2.75, 3.05) is 6.54 Å². The van der Waals surface area contributed by atoms with Crippen molar-refractivity contribution in [3.8, 4) is 0 Å². The van der Waals surface area contributed by atoms with Gasteiger partial charge in [0.05, 0.1) is 0 Å². The molecule has 0 aromatic heterocycles. The van der Waals surface area contributed by atoms with Gasteiger partial charge in [-0.15, -0.1) is 0 Å². The van der Waals surface area contributed by atoms with Crippen LogP contribution in [0.1, 0.15) is 58.3 Å². The van der Waals surface area contributed by atoms with Crippen LogP contribution in [0.15, 0.2) is 0 Å². The van der Waals surface area contributed by atoms with E-state index in [9.17, 15) is 4.79 Å². The molecule has 0 aliphatic heterocycles. The van der Waals surface area contributed by atoms with E-state index in [2.05, 4.69) is 12.2 Å². The molecule has 16 heavy (non-hydrogen) atoms. The van der Waals surface area contributed by atoms with Gasteiger partial charge in [0.2, 0.25) is 5.91 Å². The maximum absolute atomic E-state index is 11.6. The van der Waals surface area contributed by atoms with Crippen LogP contribution in [-0.2, 0) is 4.79 Å². The molecular weight excluding hydrogens is 200 g/mol. The van der Waals surface area contributed by atoms with Crippen molar-refractivity contribution in [3.05, 3.63) is 0 Å². The molecule has 3 nitrogen and oxygen atoms in total. The summed E-state index contributed by atoms with van der Waals surface area (Å²) in [6.07, 6.45) is 9.31. The van der Waals surface area contributed by atoms with Gasteiger partial charge in [0.15, 0.2) is 0 Å². The quantitative estimate of drug-likeness (QED) is 0.706.